The molecule has 0 aromatic heterocycles. The molecule has 0 spiro atoms. The Morgan fingerprint density at radius 3 is 2.50 bits per heavy atom. The molecule has 1 unspecified atom stereocenters. The molecule has 2 aromatic carbocycles. The monoisotopic (exact) mass is 391 g/mol. The molecule has 1 aliphatic rings. The van der Waals surface area contributed by atoms with E-state index in [4.69, 9.17) is 16.7 Å². The summed E-state index contributed by atoms with van der Waals surface area (Å²) in [7, 11) is -8.31. The van der Waals surface area contributed by atoms with Crippen LogP contribution in [0.3, 0.4) is 0 Å². The van der Waals surface area contributed by atoms with Crippen LogP contribution in [0.4, 0.5) is 10.1 Å². The number of benzene rings is 2. The number of hydrogen-bond acceptors (Lipinski definition) is 5. The molecular formula is C13H11ClFN3O4S2. The zero-order valence-corrected chi connectivity index (χ0v) is 14.2. The highest BCUT2D eigenvalue weighted by atomic mass is 35.5. The van der Waals surface area contributed by atoms with E-state index in [2.05, 4.69) is 10.0 Å². The molecule has 0 bridgehead atoms. The molecule has 1 atom stereocenters. The fourth-order valence-electron chi connectivity index (χ4n) is 2.34. The van der Waals surface area contributed by atoms with Crippen LogP contribution in [0.1, 0.15) is 11.7 Å². The maximum absolute atomic E-state index is 13.9. The summed E-state index contributed by atoms with van der Waals surface area (Å²) in [6.07, 6.45) is -1.07. The molecule has 11 heteroatoms. The average molecular weight is 392 g/mol. The highest BCUT2D eigenvalue weighted by Crippen LogP contribution is 2.36. The van der Waals surface area contributed by atoms with E-state index in [9.17, 15) is 21.2 Å². The highest BCUT2D eigenvalue weighted by molar-refractivity contribution is 7.90. The third kappa shape index (κ3) is 2.98. The lowest BCUT2D eigenvalue weighted by molar-refractivity contribution is 0.546. The third-order valence-electron chi connectivity index (χ3n) is 3.42. The van der Waals surface area contributed by atoms with Crippen LogP contribution in [0.2, 0.25) is 5.02 Å². The zero-order chi connectivity index (χ0) is 17.7. The van der Waals surface area contributed by atoms with Gasteiger partial charge in [-0.3, -0.25) is 0 Å². The Balaban J connectivity index is 2.16. The van der Waals surface area contributed by atoms with Crippen LogP contribution in [0.25, 0.3) is 0 Å². The SMILES string of the molecule is NS(=O)(=O)c1cc2c(cc1Cl)NC(c1ccccc1F)NS2(=O)=O. The number of nitrogens with one attached hydrogen (secondary N) is 2. The summed E-state index contributed by atoms with van der Waals surface area (Å²) in [5.74, 6) is -0.603. The molecule has 4 N–H and O–H groups in total. The normalized spacial score (nSPS) is 19.4. The molecule has 0 radical (unpaired) electrons. The van der Waals surface area contributed by atoms with Crippen LogP contribution < -0.4 is 15.2 Å². The van der Waals surface area contributed by atoms with Gasteiger partial charge in [-0.25, -0.2) is 26.4 Å². The number of rotatable bonds is 2. The van der Waals surface area contributed by atoms with Crippen molar-refractivity contribution in [3.8, 4) is 0 Å². The van der Waals surface area contributed by atoms with Crippen molar-refractivity contribution in [1.82, 2.24) is 4.72 Å². The van der Waals surface area contributed by atoms with Crippen LogP contribution >= 0.6 is 11.6 Å². The maximum Gasteiger partial charge on any atom is 0.244 e. The molecule has 7 nitrogen and oxygen atoms in total. The first-order valence-electron chi connectivity index (χ1n) is 6.49. The fourth-order valence-corrected chi connectivity index (χ4v) is 4.82. The van der Waals surface area contributed by atoms with Gasteiger partial charge in [0.1, 0.15) is 21.8 Å². The molecule has 0 aliphatic carbocycles. The minimum absolute atomic E-state index is 0.0411. The van der Waals surface area contributed by atoms with Crippen molar-refractivity contribution in [1.29, 1.82) is 0 Å². The summed E-state index contributed by atoms with van der Waals surface area (Å²) in [6.45, 7) is 0. The highest BCUT2D eigenvalue weighted by Gasteiger charge is 2.33. The molecule has 0 saturated carbocycles. The Labute approximate surface area is 142 Å². The number of fused-ring (bicyclic) bond motifs is 1. The van der Waals surface area contributed by atoms with Gasteiger partial charge >= 0.3 is 0 Å². The first-order valence-corrected chi connectivity index (χ1v) is 9.90. The maximum atomic E-state index is 13.9. The largest absolute Gasteiger partial charge is 0.364 e. The van der Waals surface area contributed by atoms with Gasteiger partial charge in [-0.1, -0.05) is 29.8 Å². The predicted molar refractivity (Wildman–Crippen MR) is 85.9 cm³/mol. The Morgan fingerprint density at radius 1 is 1.21 bits per heavy atom. The van der Waals surface area contributed by atoms with Gasteiger partial charge in [0, 0.05) is 5.56 Å². The van der Waals surface area contributed by atoms with Crippen LogP contribution in [0.5, 0.6) is 0 Å². The second-order valence-electron chi connectivity index (χ2n) is 5.04. The van der Waals surface area contributed by atoms with E-state index in [-0.39, 0.29) is 21.2 Å². The number of anilines is 1. The standard InChI is InChI=1S/C13H11ClFN3O4S2/c14-8-5-10-12(6-11(8)23(16,19)20)24(21,22)18-13(17-10)7-3-1-2-4-9(7)15/h1-6,13,17-18H,(H2,16,19,20). The van der Waals surface area contributed by atoms with Gasteiger partial charge in [-0.05, 0) is 18.2 Å². The molecule has 24 heavy (non-hydrogen) atoms. The molecule has 0 fully saturated rings. The van der Waals surface area contributed by atoms with Gasteiger partial charge in [-0.15, -0.1) is 0 Å². The van der Waals surface area contributed by atoms with Crippen molar-refractivity contribution in [3.63, 3.8) is 0 Å². The summed E-state index contributed by atoms with van der Waals surface area (Å²) < 4.78 is 63.9. The molecule has 0 saturated heterocycles. The Bertz CT molecular complexity index is 1040. The lowest BCUT2D eigenvalue weighted by Gasteiger charge is -2.29. The molecule has 1 heterocycles. The second-order valence-corrected chi connectivity index (χ2v) is 8.66. The molecule has 128 valence electrons. The van der Waals surface area contributed by atoms with Crippen molar-refractivity contribution in [2.75, 3.05) is 5.32 Å². The molecule has 1 aliphatic heterocycles. The van der Waals surface area contributed by atoms with E-state index < -0.39 is 36.9 Å². The van der Waals surface area contributed by atoms with E-state index in [0.29, 0.717) is 0 Å². The minimum atomic E-state index is -4.20. The van der Waals surface area contributed by atoms with Crippen LogP contribution in [-0.4, -0.2) is 16.8 Å². The van der Waals surface area contributed by atoms with E-state index in [1.54, 1.807) is 6.07 Å². The van der Waals surface area contributed by atoms with Crippen molar-refractivity contribution in [3.05, 3.63) is 52.8 Å². The van der Waals surface area contributed by atoms with E-state index >= 15 is 0 Å². The quantitative estimate of drug-likeness (QED) is 0.717. The van der Waals surface area contributed by atoms with Gasteiger partial charge in [0.15, 0.2) is 0 Å². The molecule has 2 aromatic rings. The average Bonchev–Trinajstić information content (AvgIpc) is 2.44. The van der Waals surface area contributed by atoms with Crippen molar-refractivity contribution < 1.29 is 21.2 Å². The van der Waals surface area contributed by atoms with Crippen LogP contribution in [0, 0.1) is 5.82 Å². The van der Waals surface area contributed by atoms with E-state index in [0.717, 1.165) is 12.1 Å². The summed E-state index contributed by atoms with van der Waals surface area (Å²) in [4.78, 5) is -0.858. The first-order chi connectivity index (χ1) is 11.1. The first kappa shape index (κ1) is 17.1. The Kier molecular flexibility index (Phi) is 4.04. The number of nitrogens with two attached hydrogens (primary N) is 1. The fraction of sp³-hybridized carbons (Fsp3) is 0.0769. The Morgan fingerprint density at radius 2 is 1.88 bits per heavy atom. The minimum Gasteiger partial charge on any atom is -0.364 e. The van der Waals surface area contributed by atoms with Crippen LogP contribution in [0.15, 0.2) is 46.2 Å². The van der Waals surface area contributed by atoms with Crippen molar-refractivity contribution in [2.45, 2.75) is 16.0 Å². The van der Waals surface area contributed by atoms with Gasteiger partial charge in [-0.2, -0.15) is 4.72 Å². The van der Waals surface area contributed by atoms with Crippen LogP contribution in [-0.2, 0) is 20.0 Å². The summed E-state index contributed by atoms with van der Waals surface area (Å²) >= 11 is 5.88. The summed E-state index contributed by atoms with van der Waals surface area (Å²) in [5, 5.41) is 7.56. The van der Waals surface area contributed by atoms with E-state index in [1.807, 2.05) is 0 Å². The topological polar surface area (TPSA) is 118 Å². The predicted octanol–water partition coefficient (Wildman–Crippen LogP) is 1.53. The summed E-state index contributed by atoms with van der Waals surface area (Å²) in [6, 6.07) is 7.63. The van der Waals surface area contributed by atoms with Gasteiger partial charge in [0.05, 0.1) is 10.7 Å². The number of sulfonamides is 2. The molecular weight excluding hydrogens is 381 g/mol. The van der Waals surface area contributed by atoms with Crippen molar-refractivity contribution in [2.24, 2.45) is 5.14 Å². The number of halogens is 2. The summed E-state index contributed by atoms with van der Waals surface area (Å²) in [5.41, 5.74) is 0.123. The Hall–Kier alpha value is -1.72. The lowest BCUT2D eigenvalue weighted by Crippen LogP contribution is -2.38. The molecule has 3 rings (SSSR count). The van der Waals surface area contributed by atoms with Gasteiger partial charge < -0.3 is 5.32 Å². The van der Waals surface area contributed by atoms with E-state index in [1.165, 1.54) is 18.2 Å². The molecule has 0 amide bonds. The van der Waals surface area contributed by atoms with Crippen molar-refractivity contribution >= 4 is 37.3 Å². The number of hydrogen-bond donors (Lipinski definition) is 3. The zero-order valence-electron chi connectivity index (χ0n) is 11.8. The van der Waals surface area contributed by atoms with Gasteiger partial charge in [0.2, 0.25) is 20.0 Å². The number of primary sulfonamides is 1. The smallest absolute Gasteiger partial charge is 0.244 e. The van der Waals surface area contributed by atoms with Gasteiger partial charge in [0.25, 0.3) is 0 Å². The second kappa shape index (κ2) is 5.67. The lowest BCUT2D eigenvalue weighted by atomic mass is 10.1. The third-order valence-corrected chi connectivity index (χ3v) is 6.26.